The lowest BCUT2D eigenvalue weighted by atomic mass is 10.1. The number of benzene rings is 1. The predicted octanol–water partition coefficient (Wildman–Crippen LogP) is 3.62. The molecule has 0 aliphatic rings. The molecule has 0 saturated heterocycles. The molecule has 2 aromatic rings. The van der Waals surface area contributed by atoms with Crippen LogP contribution in [0.3, 0.4) is 0 Å². The van der Waals surface area contributed by atoms with Crippen LogP contribution in [0.5, 0.6) is 0 Å². The van der Waals surface area contributed by atoms with E-state index in [1.54, 1.807) is 0 Å². The van der Waals surface area contributed by atoms with Gasteiger partial charge in [0.1, 0.15) is 13.0 Å². The van der Waals surface area contributed by atoms with Gasteiger partial charge in [0.05, 0.1) is 5.69 Å². The van der Waals surface area contributed by atoms with Crippen molar-refractivity contribution in [3.63, 3.8) is 0 Å². The van der Waals surface area contributed by atoms with Crippen LogP contribution < -0.4 is 5.73 Å². The normalized spacial score (nSPS) is 10.8. The van der Waals surface area contributed by atoms with Gasteiger partial charge < -0.3 is 5.73 Å². The first-order valence-electron chi connectivity index (χ1n) is 5.80. The fraction of sp³-hybridized carbons (Fsp3) is 0.214. The molecule has 0 aliphatic carbocycles. The molecule has 0 spiro atoms. The monoisotopic (exact) mass is 272 g/mol. The number of aromatic nitrogens is 1. The van der Waals surface area contributed by atoms with Crippen molar-refractivity contribution in [1.29, 1.82) is 0 Å². The van der Waals surface area contributed by atoms with Gasteiger partial charge in [-0.15, -0.1) is 5.54 Å². The highest BCUT2D eigenvalue weighted by atomic mass is 32.1. The summed E-state index contributed by atoms with van der Waals surface area (Å²) in [6, 6.07) is 10.1. The van der Waals surface area contributed by atoms with Gasteiger partial charge in [0, 0.05) is 5.56 Å². The molecule has 1 aromatic heterocycles. The first-order valence-corrected chi connectivity index (χ1v) is 10.1. The molecule has 2 N–H and O–H groups in total. The van der Waals surface area contributed by atoms with Crippen molar-refractivity contribution in [3.05, 3.63) is 35.2 Å². The maximum absolute atomic E-state index is 5.81. The maximum atomic E-state index is 5.81. The number of rotatable bonds is 1. The van der Waals surface area contributed by atoms with Crippen molar-refractivity contribution < 1.29 is 0 Å². The summed E-state index contributed by atoms with van der Waals surface area (Å²) < 4.78 is 0. The summed E-state index contributed by atoms with van der Waals surface area (Å²) in [6.07, 6.45) is 0. The number of thiazole rings is 1. The molecule has 1 heterocycles. The van der Waals surface area contributed by atoms with Gasteiger partial charge >= 0.3 is 0 Å². The zero-order valence-corrected chi connectivity index (χ0v) is 12.6. The summed E-state index contributed by atoms with van der Waals surface area (Å²) in [4.78, 5) is 5.36. The summed E-state index contributed by atoms with van der Waals surface area (Å²) in [6.45, 7) is 6.69. The van der Waals surface area contributed by atoms with Crippen molar-refractivity contribution in [2.24, 2.45) is 0 Å². The van der Waals surface area contributed by atoms with Crippen LogP contribution in [-0.2, 0) is 0 Å². The lowest BCUT2D eigenvalue weighted by Crippen LogP contribution is -2.16. The summed E-state index contributed by atoms with van der Waals surface area (Å²) in [7, 11) is -1.38. The van der Waals surface area contributed by atoms with E-state index in [1.807, 2.05) is 30.3 Å². The second-order valence-corrected chi connectivity index (χ2v) is 10.9. The summed E-state index contributed by atoms with van der Waals surface area (Å²) >= 11 is 1.47. The maximum Gasteiger partial charge on any atom is 0.181 e. The van der Waals surface area contributed by atoms with Crippen LogP contribution in [0.2, 0.25) is 19.6 Å². The Morgan fingerprint density at radius 3 is 2.44 bits per heavy atom. The Hall–Kier alpha value is -1.57. The number of nitrogens with two attached hydrogens (primary N) is 1. The average molecular weight is 272 g/mol. The molecule has 0 aliphatic heterocycles. The molecule has 4 heteroatoms. The molecule has 1 aromatic carbocycles. The van der Waals surface area contributed by atoms with Crippen LogP contribution in [0.25, 0.3) is 11.3 Å². The topological polar surface area (TPSA) is 38.9 Å². The fourth-order valence-electron chi connectivity index (χ4n) is 1.46. The quantitative estimate of drug-likeness (QED) is 0.636. The zero-order chi connectivity index (χ0) is 13.2. The van der Waals surface area contributed by atoms with E-state index < -0.39 is 8.07 Å². The Bertz CT molecular complexity index is 600. The van der Waals surface area contributed by atoms with E-state index in [0.717, 1.165) is 16.1 Å². The number of nitrogen functional groups attached to an aromatic ring is 1. The van der Waals surface area contributed by atoms with Crippen LogP contribution in [-0.4, -0.2) is 13.1 Å². The van der Waals surface area contributed by atoms with E-state index in [4.69, 9.17) is 5.73 Å². The van der Waals surface area contributed by atoms with E-state index >= 15 is 0 Å². The van der Waals surface area contributed by atoms with Gasteiger partial charge in [-0.05, 0) is 0 Å². The molecule has 2 nitrogen and oxygen atoms in total. The van der Waals surface area contributed by atoms with Gasteiger partial charge in [-0.25, -0.2) is 4.98 Å². The Morgan fingerprint density at radius 2 is 1.83 bits per heavy atom. The van der Waals surface area contributed by atoms with Crippen molar-refractivity contribution in [2.45, 2.75) is 19.6 Å². The Labute approximate surface area is 113 Å². The minimum atomic E-state index is -1.38. The molecule has 0 fully saturated rings. The highest BCUT2D eigenvalue weighted by Crippen LogP contribution is 2.28. The second-order valence-electron chi connectivity index (χ2n) is 5.10. The summed E-state index contributed by atoms with van der Waals surface area (Å²) in [5.74, 6) is 3.26. The van der Waals surface area contributed by atoms with E-state index in [1.165, 1.54) is 11.3 Å². The first-order chi connectivity index (χ1) is 8.46. The molecule has 18 heavy (non-hydrogen) atoms. The van der Waals surface area contributed by atoms with Gasteiger partial charge in [0.2, 0.25) is 0 Å². The van der Waals surface area contributed by atoms with E-state index in [9.17, 15) is 0 Å². The van der Waals surface area contributed by atoms with Crippen molar-refractivity contribution in [3.8, 4) is 22.7 Å². The third kappa shape index (κ3) is 3.22. The SMILES string of the molecule is C[Si](C)(C)C#Cc1sc(N)nc1-c1ccccc1. The van der Waals surface area contributed by atoms with Crippen molar-refractivity contribution >= 4 is 24.5 Å². The Morgan fingerprint density at radius 1 is 1.17 bits per heavy atom. The minimum absolute atomic E-state index is 0.578. The zero-order valence-electron chi connectivity index (χ0n) is 10.8. The molecule has 0 unspecified atom stereocenters. The third-order valence-electron chi connectivity index (χ3n) is 2.24. The van der Waals surface area contributed by atoms with E-state index in [-0.39, 0.29) is 0 Å². The Balaban J connectivity index is 2.46. The standard InChI is InChI=1S/C14H16N2SSi/c1-18(2,3)10-9-12-13(16-14(15)17-12)11-7-5-4-6-8-11/h4-8H,1-3H3,(H2,15,16). The van der Waals surface area contributed by atoms with Crippen LogP contribution in [0.15, 0.2) is 30.3 Å². The van der Waals surface area contributed by atoms with Crippen LogP contribution in [0.1, 0.15) is 4.88 Å². The summed E-state index contributed by atoms with van der Waals surface area (Å²) in [5, 5.41) is 0.578. The van der Waals surface area contributed by atoms with Gasteiger partial charge in [-0.3, -0.25) is 0 Å². The molecule has 0 amide bonds. The first kappa shape index (κ1) is 12.9. The number of hydrogen-bond donors (Lipinski definition) is 1. The smallest absolute Gasteiger partial charge is 0.181 e. The number of hydrogen-bond acceptors (Lipinski definition) is 3. The molecule has 0 radical (unpaired) electrons. The summed E-state index contributed by atoms with van der Waals surface area (Å²) in [5.41, 5.74) is 11.2. The lowest BCUT2D eigenvalue weighted by Gasteiger charge is -2.03. The highest BCUT2D eigenvalue weighted by Gasteiger charge is 2.12. The highest BCUT2D eigenvalue weighted by molar-refractivity contribution is 7.16. The molecular formula is C14H16N2SSi. The lowest BCUT2D eigenvalue weighted by molar-refractivity contribution is 1.40. The number of anilines is 1. The van der Waals surface area contributed by atoms with E-state index in [0.29, 0.717) is 5.13 Å². The van der Waals surface area contributed by atoms with Crippen molar-refractivity contribution in [1.82, 2.24) is 4.98 Å². The fourth-order valence-corrected chi connectivity index (χ4v) is 2.76. The molecular weight excluding hydrogens is 256 g/mol. The third-order valence-corrected chi connectivity index (χ3v) is 3.92. The molecule has 0 bridgehead atoms. The largest absolute Gasteiger partial charge is 0.375 e. The van der Waals surface area contributed by atoms with Crippen LogP contribution in [0, 0.1) is 11.5 Å². The van der Waals surface area contributed by atoms with Gasteiger partial charge in [-0.2, -0.15) is 0 Å². The minimum Gasteiger partial charge on any atom is -0.375 e. The van der Waals surface area contributed by atoms with Gasteiger partial charge in [0.25, 0.3) is 0 Å². The van der Waals surface area contributed by atoms with Crippen LogP contribution >= 0.6 is 11.3 Å². The molecule has 2 rings (SSSR count). The molecule has 0 saturated carbocycles. The molecule has 0 atom stereocenters. The molecule has 92 valence electrons. The van der Waals surface area contributed by atoms with Crippen molar-refractivity contribution in [2.75, 3.05) is 5.73 Å². The Kier molecular flexibility index (Phi) is 3.55. The second kappa shape index (κ2) is 4.97. The van der Waals surface area contributed by atoms with Gasteiger partial charge in [0.15, 0.2) is 5.13 Å². The average Bonchev–Trinajstić information content (AvgIpc) is 2.68. The van der Waals surface area contributed by atoms with Gasteiger partial charge in [-0.1, -0.05) is 67.2 Å². The van der Waals surface area contributed by atoms with E-state index in [2.05, 4.69) is 36.1 Å². The predicted molar refractivity (Wildman–Crippen MR) is 82.2 cm³/mol. The number of nitrogens with zero attached hydrogens (tertiary/aromatic N) is 1. The van der Waals surface area contributed by atoms with Crippen LogP contribution in [0.4, 0.5) is 5.13 Å².